The van der Waals surface area contributed by atoms with Crippen LogP contribution in [0.1, 0.15) is 39.8 Å². The molecule has 5 rings (SSSR count). The zero-order chi connectivity index (χ0) is 37.9. The zero-order valence-corrected chi connectivity index (χ0v) is 26.6. The largest absolute Gasteiger partial charge is 0.504 e. The van der Waals surface area contributed by atoms with Crippen LogP contribution in [0.25, 0.3) is 6.08 Å². The first kappa shape index (κ1) is 36.2. The Kier molecular flexibility index (Phi) is 10.3. The average Bonchev–Trinajstić information content (AvgIpc) is 3.50. The summed E-state index contributed by atoms with van der Waals surface area (Å²) in [6.45, 7) is 0. The van der Waals surface area contributed by atoms with E-state index in [9.17, 15) is 65.1 Å². The van der Waals surface area contributed by atoms with Gasteiger partial charge in [0.15, 0.2) is 46.0 Å². The first-order chi connectivity index (χ1) is 24.6. The number of ether oxygens (including phenoxy) is 3. The van der Waals surface area contributed by atoms with Crippen LogP contribution >= 0.6 is 0 Å². The van der Waals surface area contributed by atoms with Gasteiger partial charge < -0.3 is 60.2 Å². The Morgan fingerprint density at radius 1 is 0.635 bits per heavy atom. The number of carbonyl (C=O) groups is 4. The van der Waals surface area contributed by atoms with E-state index in [-0.39, 0.29) is 40.0 Å². The van der Waals surface area contributed by atoms with Gasteiger partial charge in [-0.3, -0.25) is 4.79 Å². The SMILES string of the molecule is O=C(C=Cc1ccc(O)c2c1[C@@H](C(=O)O[C@H](Cc1ccc(O)c(O)c1)C(=O)O)[C@H](c1ccc(O)c(O)c1)O2)O[C@H](Cc1ccc(O)c(O)c1)C(=O)O. The highest BCUT2D eigenvalue weighted by molar-refractivity contribution is 5.92. The minimum Gasteiger partial charge on any atom is -0.504 e. The van der Waals surface area contributed by atoms with Gasteiger partial charge in [0, 0.05) is 24.5 Å². The van der Waals surface area contributed by atoms with E-state index in [4.69, 9.17) is 14.2 Å². The van der Waals surface area contributed by atoms with Gasteiger partial charge in [-0.05, 0) is 70.8 Å². The van der Waals surface area contributed by atoms with E-state index in [1.165, 1.54) is 24.3 Å². The number of phenolic OH excluding ortho intramolecular Hbond substituents is 7. The molecule has 1 heterocycles. The molecule has 0 radical (unpaired) electrons. The molecule has 0 aromatic heterocycles. The third-order valence-electron chi connectivity index (χ3n) is 8.04. The molecule has 0 aliphatic carbocycles. The quantitative estimate of drug-likeness (QED) is 0.0577. The number of carboxylic acid groups (broad SMARTS) is 2. The fourth-order valence-corrected chi connectivity index (χ4v) is 5.49. The highest BCUT2D eigenvalue weighted by Gasteiger charge is 2.46. The van der Waals surface area contributed by atoms with Crippen LogP contribution in [0.5, 0.6) is 46.0 Å². The topological polar surface area (TPSA) is 278 Å². The number of aromatic hydroxyl groups is 7. The van der Waals surface area contributed by atoms with Gasteiger partial charge in [-0.25, -0.2) is 14.4 Å². The van der Waals surface area contributed by atoms with Crippen LogP contribution in [0, 0.1) is 0 Å². The summed E-state index contributed by atoms with van der Waals surface area (Å²) in [7, 11) is 0. The van der Waals surface area contributed by atoms with Gasteiger partial charge in [0.05, 0.1) is 0 Å². The molecule has 0 saturated heterocycles. The maximum atomic E-state index is 13.9. The number of benzene rings is 4. The van der Waals surface area contributed by atoms with E-state index in [2.05, 4.69) is 0 Å². The van der Waals surface area contributed by atoms with Crippen LogP contribution in [0.3, 0.4) is 0 Å². The molecule has 4 aromatic rings. The van der Waals surface area contributed by atoms with Gasteiger partial charge in [-0.2, -0.15) is 0 Å². The Morgan fingerprint density at radius 2 is 1.13 bits per heavy atom. The van der Waals surface area contributed by atoms with E-state index >= 15 is 0 Å². The van der Waals surface area contributed by atoms with Crippen molar-refractivity contribution in [3.8, 4) is 46.0 Å². The highest BCUT2D eigenvalue weighted by Crippen LogP contribution is 2.53. The zero-order valence-electron chi connectivity index (χ0n) is 26.6. The standard InChI is InChI=1S/C36H30O16/c37-20-6-1-16(11-24(20)41)13-27(34(45)46)50-29(44)10-5-18-3-9-23(40)33-30(18)31(32(52-33)19-4-8-22(39)26(43)15-19)36(49)51-28(35(47)48)14-17-2-7-21(38)25(42)12-17/h1-12,15,27-28,31-32,37-43H,13-14H2,(H,45,46)(H,47,48)/t27-,28-,31-,32+/m1/s1. The number of hydrogen-bond donors (Lipinski definition) is 9. The Morgan fingerprint density at radius 3 is 1.65 bits per heavy atom. The van der Waals surface area contributed by atoms with Crippen LogP contribution in [0.15, 0.2) is 72.8 Å². The maximum absolute atomic E-state index is 13.9. The number of aliphatic carboxylic acids is 2. The lowest BCUT2D eigenvalue weighted by molar-refractivity contribution is -0.166. The number of carbonyl (C=O) groups excluding carboxylic acids is 2. The summed E-state index contributed by atoms with van der Waals surface area (Å²) in [5.74, 6) is -10.8. The molecule has 0 unspecified atom stereocenters. The van der Waals surface area contributed by atoms with E-state index in [1.807, 2.05) is 0 Å². The van der Waals surface area contributed by atoms with Crippen molar-refractivity contribution >= 4 is 30.0 Å². The molecular weight excluding hydrogens is 688 g/mol. The second kappa shape index (κ2) is 14.8. The van der Waals surface area contributed by atoms with Crippen molar-refractivity contribution in [3.05, 3.63) is 101 Å². The summed E-state index contributed by atoms with van der Waals surface area (Å²) in [5.41, 5.74) is 0.445. The first-order valence-corrected chi connectivity index (χ1v) is 15.2. The number of esters is 2. The van der Waals surface area contributed by atoms with E-state index in [0.29, 0.717) is 0 Å². The molecule has 1 aliphatic heterocycles. The third kappa shape index (κ3) is 7.86. The van der Waals surface area contributed by atoms with Crippen LogP contribution in [0.2, 0.25) is 0 Å². The second-order valence-corrected chi connectivity index (χ2v) is 11.6. The average molecular weight is 719 g/mol. The Balaban J connectivity index is 1.47. The normalized spacial score (nSPS) is 16.0. The molecule has 16 nitrogen and oxygen atoms in total. The Hall–Kier alpha value is -7.10. The highest BCUT2D eigenvalue weighted by atomic mass is 16.6. The molecule has 0 fully saturated rings. The van der Waals surface area contributed by atoms with Crippen LogP contribution in [0.4, 0.5) is 0 Å². The van der Waals surface area contributed by atoms with E-state index in [1.54, 1.807) is 0 Å². The lowest BCUT2D eigenvalue weighted by atomic mass is 9.87. The molecule has 52 heavy (non-hydrogen) atoms. The third-order valence-corrected chi connectivity index (χ3v) is 8.04. The maximum Gasteiger partial charge on any atom is 0.345 e. The minimum atomic E-state index is -1.84. The first-order valence-electron chi connectivity index (χ1n) is 15.2. The lowest BCUT2D eigenvalue weighted by Crippen LogP contribution is -2.33. The molecule has 0 spiro atoms. The fourth-order valence-electron chi connectivity index (χ4n) is 5.49. The van der Waals surface area contributed by atoms with Crippen LogP contribution < -0.4 is 4.74 Å². The predicted octanol–water partition coefficient (Wildman–Crippen LogP) is 3.33. The number of hydrogen-bond acceptors (Lipinski definition) is 14. The van der Waals surface area contributed by atoms with Gasteiger partial charge in [-0.15, -0.1) is 0 Å². The number of carboxylic acids is 2. The number of rotatable bonds is 12. The molecular formula is C36H30O16. The molecule has 0 saturated carbocycles. The summed E-state index contributed by atoms with van der Waals surface area (Å²) >= 11 is 0. The number of fused-ring (bicyclic) bond motifs is 1. The van der Waals surface area contributed by atoms with Gasteiger partial charge in [0.1, 0.15) is 12.0 Å². The predicted molar refractivity (Wildman–Crippen MR) is 175 cm³/mol. The summed E-state index contributed by atoms with van der Waals surface area (Å²) in [6.07, 6.45) is -3.85. The van der Waals surface area contributed by atoms with Crippen molar-refractivity contribution in [2.75, 3.05) is 0 Å². The smallest absolute Gasteiger partial charge is 0.345 e. The van der Waals surface area contributed by atoms with Crippen molar-refractivity contribution in [1.29, 1.82) is 0 Å². The molecule has 0 amide bonds. The van der Waals surface area contributed by atoms with Crippen molar-refractivity contribution in [2.24, 2.45) is 0 Å². The number of phenols is 7. The molecule has 9 N–H and O–H groups in total. The minimum absolute atomic E-state index is 0.0443. The molecule has 1 aliphatic rings. The molecule has 0 bridgehead atoms. The molecule has 16 heteroatoms. The Bertz CT molecular complexity index is 2090. The summed E-state index contributed by atoms with van der Waals surface area (Å²) in [6, 6.07) is 13.0. The van der Waals surface area contributed by atoms with Gasteiger partial charge in [0.25, 0.3) is 0 Å². The van der Waals surface area contributed by atoms with Crippen molar-refractivity contribution in [3.63, 3.8) is 0 Å². The molecule has 4 aromatic carbocycles. The van der Waals surface area contributed by atoms with Crippen molar-refractivity contribution in [1.82, 2.24) is 0 Å². The van der Waals surface area contributed by atoms with E-state index in [0.717, 1.165) is 54.6 Å². The summed E-state index contributed by atoms with van der Waals surface area (Å²) < 4.78 is 16.5. The van der Waals surface area contributed by atoms with Crippen molar-refractivity contribution in [2.45, 2.75) is 37.1 Å². The molecule has 4 atom stereocenters. The monoisotopic (exact) mass is 718 g/mol. The summed E-state index contributed by atoms with van der Waals surface area (Å²) in [5, 5.41) is 89.1. The summed E-state index contributed by atoms with van der Waals surface area (Å²) in [4.78, 5) is 50.9. The lowest BCUT2D eigenvalue weighted by Gasteiger charge is -2.22. The van der Waals surface area contributed by atoms with Crippen LogP contribution in [-0.4, -0.2) is 82.0 Å². The van der Waals surface area contributed by atoms with Gasteiger partial charge >= 0.3 is 23.9 Å². The Labute approximate surface area is 292 Å². The van der Waals surface area contributed by atoms with Gasteiger partial charge in [-0.1, -0.05) is 24.3 Å². The van der Waals surface area contributed by atoms with Crippen LogP contribution in [-0.2, 0) is 41.5 Å². The molecule has 270 valence electrons. The van der Waals surface area contributed by atoms with E-state index < -0.39 is 94.8 Å². The second-order valence-electron chi connectivity index (χ2n) is 11.6. The van der Waals surface area contributed by atoms with Gasteiger partial charge in [0.2, 0.25) is 12.2 Å². The van der Waals surface area contributed by atoms with Crippen molar-refractivity contribution < 1.29 is 79.3 Å². The fraction of sp³-hybridized carbons (Fsp3) is 0.167.